The third-order valence-corrected chi connectivity index (χ3v) is 12.2. The smallest absolute Gasteiger partial charge is 0.315 e. The van der Waals surface area contributed by atoms with Crippen LogP contribution >= 0.6 is 0 Å². The molecule has 5 amide bonds. The van der Waals surface area contributed by atoms with E-state index in [1.807, 2.05) is 20.8 Å². The number of urea groups is 1. The molecule has 0 radical (unpaired) electrons. The average molecular weight is 692 g/mol. The van der Waals surface area contributed by atoms with Crippen LogP contribution in [-0.4, -0.2) is 91.6 Å². The molecule has 4 unspecified atom stereocenters. The first-order valence-corrected chi connectivity index (χ1v) is 19.7. The van der Waals surface area contributed by atoms with Gasteiger partial charge in [-0.05, 0) is 54.3 Å². The van der Waals surface area contributed by atoms with Crippen molar-refractivity contribution in [3.05, 3.63) is 12.7 Å². The number of fused-ring (bicyclic) bond motifs is 1. The summed E-state index contributed by atoms with van der Waals surface area (Å²) >= 11 is 0. The summed E-state index contributed by atoms with van der Waals surface area (Å²) in [7, 11) is -3.39. The summed E-state index contributed by atoms with van der Waals surface area (Å²) in [6.45, 7) is 13.8. The van der Waals surface area contributed by atoms with Gasteiger partial charge >= 0.3 is 6.03 Å². The van der Waals surface area contributed by atoms with Gasteiger partial charge < -0.3 is 26.2 Å². The number of amides is 5. The lowest BCUT2D eigenvalue weighted by Gasteiger charge is -2.40. The SMILES string of the molecule is C=CCCNC(=O)C(=O)C(CC1CCC1)NC(=O)C1C2C(CN1C(=O)[C@@H](NC(=O)NC1(CS(C)(=O)=O)CCCCC1)C(C)(C)C)C2(C)C. The van der Waals surface area contributed by atoms with Crippen LogP contribution in [0.1, 0.15) is 98.8 Å². The van der Waals surface area contributed by atoms with Crippen molar-refractivity contribution in [1.82, 2.24) is 26.2 Å². The van der Waals surface area contributed by atoms with E-state index in [4.69, 9.17) is 0 Å². The molecule has 5 atom stereocenters. The Kier molecular flexibility index (Phi) is 11.4. The quantitative estimate of drug-likeness (QED) is 0.123. The topological polar surface area (TPSA) is 171 Å². The van der Waals surface area contributed by atoms with Crippen LogP contribution in [0.5, 0.6) is 0 Å². The maximum atomic E-state index is 14.4. The van der Waals surface area contributed by atoms with Crippen LogP contribution in [0.3, 0.4) is 0 Å². The molecule has 3 aliphatic carbocycles. The fourth-order valence-electron chi connectivity index (χ4n) is 8.16. The highest BCUT2D eigenvalue weighted by atomic mass is 32.2. The molecule has 0 aromatic heterocycles. The number of likely N-dealkylation sites (tertiary alicyclic amines) is 1. The number of rotatable bonds is 14. The first-order valence-electron chi connectivity index (χ1n) is 17.6. The summed E-state index contributed by atoms with van der Waals surface area (Å²) in [6, 6.07) is -3.51. The van der Waals surface area contributed by atoms with Crippen LogP contribution < -0.4 is 21.3 Å². The Labute approximate surface area is 286 Å². The lowest BCUT2D eigenvalue weighted by Crippen LogP contribution is -2.64. The standard InChI is InChI=1S/C35H57N5O7S/c1-8-9-18-36-30(43)27(41)24(19-22-14-13-15-22)37-29(42)26-25-23(34(25,5)6)20-40(26)31(44)28(33(2,3)4)38-32(45)39-35(21-48(7,46)47)16-11-10-12-17-35/h8,22-26,28H,1,9-21H2,2-7H3,(H,36,43)(H,37,42)(H2,38,39,45)/t23?,24?,25?,26?,28-/m1/s1. The second kappa shape index (κ2) is 14.5. The number of piperidine rings is 1. The van der Waals surface area contributed by atoms with Crippen LogP contribution in [0.4, 0.5) is 4.79 Å². The van der Waals surface area contributed by atoms with Gasteiger partial charge in [0.2, 0.25) is 17.6 Å². The fraction of sp³-hybridized carbons (Fsp3) is 0.800. The van der Waals surface area contributed by atoms with E-state index < -0.39 is 68.5 Å². The van der Waals surface area contributed by atoms with Crippen molar-refractivity contribution >= 4 is 39.4 Å². The van der Waals surface area contributed by atoms with E-state index in [1.54, 1.807) is 6.08 Å². The second-order valence-corrected chi connectivity index (χ2v) is 18.6. The fourth-order valence-corrected chi connectivity index (χ4v) is 9.52. The van der Waals surface area contributed by atoms with Gasteiger partial charge in [0.15, 0.2) is 0 Å². The predicted molar refractivity (Wildman–Crippen MR) is 183 cm³/mol. The zero-order chi connectivity index (χ0) is 35.7. The Hall–Kier alpha value is -2.96. The van der Waals surface area contributed by atoms with Gasteiger partial charge in [0, 0.05) is 19.3 Å². The molecule has 3 saturated carbocycles. The molecular weight excluding hydrogens is 634 g/mol. The molecule has 0 aromatic rings. The van der Waals surface area contributed by atoms with E-state index in [2.05, 4.69) is 41.7 Å². The molecule has 1 saturated heterocycles. The van der Waals surface area contributed by atoms with Crippen molar-refractivity contribution in [3.63, 3.8) is 0 Å². The Balaban J connectivity index is 1.53. The molecule has 4 aliphatic rings. The summed E-state index contributed by atoms with van der Waals surface area (Å²) in [4.78, 5) is 69.7. The van der Waals surface area contributed by atoms with Gasteiger partial charge in [-0.1, -0.05) is 79.2 Å². The monoisotopic (exact) mass is 691 g/mol. The molecule has 4 rings (SSSR count). The largest absolute Gasteiger partial charge is 0.349 e. The first-order chi connectivity index (χ1) is 22.3. The predicted octanol–water partition coefficient (Wildman–Crippen LogP) is 2.87. The Bertz CT molecular complexity index is 1380. The summed E-state index contributed by atoms with van der Waals surface area (Å²) in [5, 5.41) is 11.3. The molecule has 1 heterocycles. The van der Waals surface area contributed by atoms with Crippen molar-refractivity contribution in [3.8, 4) is 0 Å². The molecule has 13 heteroatoms. The number of carbonyl (C=O) groups excluding carboxylic acids is 5. The number of Topliss-reactive ketones (excluding diaryl/α,β-unsaturated/α-hetero) is 1. The number of hydrogen-bond acceptors (Lipinski definition) is 7. The van der Waals surface area contributed by atoms with E-state index in [0.29, 0.717) is 32.2 Å². The summed E-state index contributed by atoms with van der Waals surface area (Å²) in [5.41, 5.74) is -1.86. The van der Waals surface area contributed by atoms with Crippen LogP contribution in [0.2, 0.25) is 0 Å². The Morgan fingerprint density at radius 1 is 1.00 bits per heavy atom. The number of carbonyl (C=O) groups is 5. The van der Waals surface area contributed by atoms with Crippen molar-refractivity contribution in [2.45, 2.75) is 122 Å². The van der Waals surface area contributed by atoms with Crippen molar-refractivity contribution in [2.75, 3.05) is 25.1 Å². The number of hydrogen-bond donors (Lipinski definition) is 4. The van der Waals surface area contributed by atoms with Crippen molar-refractivity contribution in [1.29, 1.82) is 0 Å². The van der Waals surface area contributed by atoms with Crippen LogP contribution in [0.15, 0.2) is 12.7 Å². The number of ketones is 1. The third-order valence-electron chi connectivity index (χ3n) is 11.2. The Morgan fingerprint density at radius 3 is 2.19 bits per heavy atom. The average Bonchev–Trinajstić information content (AvgIpc) is 3.26. The van der Waals surface area contributed by atoms with Crippen LogP contribution in [0.25, 0.3) is 0 Å². The minimum atomic E-state index is -3.39. The van der Waals surface area contributed by atoms with E-state index in [1.165, 1.54) is 4.90 Å². The summed E-state index contributed by atoms with van der Waals surface area (Å²) < 4.78 is 24.6. The third kappa shape index (κ3) is 8.79. The highest BCUT2D eigenvalue weighted by Crippen LogP contribution is 2.65. The molecular formula is C35H57N5O7S. The molecule has 4 fully saturated rings. The molecule has 4 N–H and O–H groups in total. The normalized spacial score (nSPS) is 25.8. The summed E-state index contributed by atoms with van der Waals surface area (Å²) in [5.74, 6) is -2.35. The number of nitrogens with one attached hydrogen (secondary N) is 4. The van der Waals surface area contributed by atoms with Gasteiger partial charge in [-0.15, -0.1) is 6.58 Å². The van der Waals surface area contributed by atoms with Crippen LogP contribution in [-0.2, 0) is 29.0 Å². The molecule has 48 heavy (non-hydrogen) atoms. The minimum absolute atomic E-state index is 0.0647. The van der Waals surface area contributed by atoms with E-state index in [-0.39, 0.29) is 35.5 Å². The van der Waals surface area contributed by atoms with E-state index in [9.17, 15) is 32.4 Å². The van der Waals surface area contributed by atoms with Crippen molar-refractivity contribution in [2.24, 2.45) is 28.6 Å². The maximum absolute atomic E-state index is 14.4. The van der Waals surface area contributed by atoms with Gasteiger partial charge in [0.25, 0.3) is 5.91 Å². The second-order valence-electron chi connectivity index (χ2n) is 16.5. The number of nitrogens with zero attached hydrogens (tertiary/aromatic N) is 1. The highest BCUT2D eigenvalue weighted by molar-refractivity contribution is 7.90. The lowest BCUT2D eigenvalue weighted by atomic mass is 9.80. The maximum Gasteiger partial charge on any atom is 0.315 e. The van der Waals surface area contributed by atoms with Gasteiger partial charge in [0.1, 0.15) is 21.9 Å². The highest BCUT2D eigenvalue weighted by Gasteiger charge is 2.70. The van der Waals surface area contributed by atoms with Gasteiger partial charge in [-0.3, -0.25) is 19.2 Å². The van der Waals surface area contributed by atoms with E-state index >= 15 is 0 Å². The van der Waals surface area contributed by atoms with Crippen LogP contribution in [0, 0.1) is 28.6 Å². The Morgan fingerprint density at radius 2 is 1.65 bits per heavy atom. The molecule has 1 aliphatic heterocycles. The molecule has 12 nitrogen and oxygen atoms in total. The minimum Gasteiger partial charge on any atom is -0.349 e. The molecule has 0 aromatic carbocycles. The molecule has 0 spiro atoms. The van der Waals surface area contributed by atoms with Gasteiger partial charge in [-0.25, -0.2) is 13.2 Å². The zero-order valence-electron chi connectivity index (χ0n) is 29.7. The van der Waals surface area contributed by atoms with Crippen molar-refractivity contribution < 1.29 is 32.4 Å². The van der Waals surface area contributed by atoms with E-state index in [0.717, 1.165) is 44.8 Å². The molecule has 0 bridgehead atoms. The lowest BCUT2D eigenvalue weighted by molar-refractivity contribution is -0.145. The molecule has 270 valence electrons. The first kappa shape index (κ1) is 37.9. The number of sulfone groups is 1. The van der Waals surface area contributed by atoms with Gasteiger partial charge in [-0.2, -0.15) is 0 Å². The zero-order valence-corrected chi connectivity index (χ0v) is 30.5. The summed E-state index contributed by atoms with van der Waals surface area (Å²) in [6.07, 6.45) is 10.2. The van der Waals surface area contributed by atoms with Gasteiger partial charge in [0.05, 0.1) is 17.3 Å².